The number of hydrogen-bond donors (Lipinski definition) is 1. The fraction of sp³-hybridized carbons (Fsp3) is 0.250. The number of likely N-dealkylation sites (tertiary alicyclic amines) is 1. The molecule has 1 fully saturated rings. The van der Waals surface area contributed by atoms with E-state index in [1.54, 1.807) is 12.1 Å². The van der Waals surface area contributed by atoms with Crippen LogP contribution >= 0.6 is 11.6 Å². The van der Waals surface area contributed by atoms with Gasteiger partial charge in [-0.25, -0.2) is 4.79 Å². The number of aromatic amines is 1. The number of nitrogens with zero attached hydrogens (tertiary/aromatic N) is 3. The highest BCUT2D eigenvalue weighted by molar-refractivity contribution is 6.33. The molecule has 3 aromatic rings. The predicted octanol–water partition coefficient (Wildman–Crippen LogP) is 3.23. The van der Waals surface area contributed by atoms with Gasteiger partial charge in [-0.1, -0.05) is 41.9 Å². The number of rotatable bonds is 3. The van der Waals surface area contributed by atoms with Crippen LogP contribution in [0.25, 0.3) is 5.69 Å². The minimum absolute atomic E-state index is 0.0534. The summed E-state index contributed by atoms with van der Waals surface area (Å²) in [6.45, 7) is 1.21. The number of aromatic nitrogens is 3. The molecule has 1 saturated heterocycles. The Morgan fingerprint density at radius 1 is 1.04 bits per heavy atom. The van der Waals surface area contributed by atoms with Crippen molar-refractivity contribution in [3.63, 3.8) is 0 Å². The average molecular weight is 383 g/mol. The van der Waals surface area contributed by atoms with Gasteiger partial charge in [-0.15, -0.1) is 5.10 Å². The normalized spacial score (nSPS) is 15.1. The first-order chi connectivity index (χ1) is 13.1. The Labute approximate surface area is 161 Å². The number of hydrogen-bond acceptors (Lipinski definition) is 3. The first-order valence-corrected chi connectivity index (χ1v) is 9.30. The molecule has 7 heteroatoms. The molecule has 0 radical (unpaired) electrons. The minimum Gasteiger partial charge on any atom is -0.339 e. The van der Waals surface area contributed by atoms with Crippen LogP contribution in [0.4, 0.5) is 0 Å². The lowest BCUT2D eigenvalue weighted by Crippen LogP contribution is -2.38. The molecule has 2 heterocycles. The second-order valence-electron chi connectivity index (χ2n) is 6.61. The summed E-state index contributed by atoms with van der Waals surface area (Å²) in [4.78, 5) is 29.6. The van der Waals surface area contributed by atoms with Crippen molar-refractivity contribution in [1.29, 1.82) is 0 Å². The summed E-state index contributed by atoms with van der Waals surface area (Å²) in [7, 11) is 0. The van der Waals surface area contributed by atoms with Crippen molar-refractivity contribution in [2.24, 2.45) is 0 Å². The summed E-state index contributed by atoms with van der Waals surface area (Å²) in [6.07, 6.45) is 1.50. The molecule has 1 aliphatic rings. The quantitative estimate of drug-likeness (QED) is 0.756. The third-order valence-corrected chi connectivity index (χ3v) is 5.24. The van der Waals surface area contributed by atoms with Crippen LogP contribution in [-0.4, -0.2) is 38.7 Å². The smallest absolute Gasteiger partial charge is 0.339 e. The van der Waals surface area contributed by atoms with E-state index in [-0.39, 0.29) is 17.5 Å². The summed E-state index contributed by atoms with van der Waals surface area (Å²) in [6, 6.07) is 16.4. The summed E-state index contributed by atoms with van der Waals surface area (Å²) in [5.41, 5.74) is 1.02. The summed E-state index contributed by atoms with van der Waals surface area (Å²) in [5.74, 6) is 0.744. The van der Waals surface area contributed by atoms with Crippen LogP contribution in [0.5, 0.6) is 0 Å². The lowest BCUT2D eigenvalue weighted by atomic mass is 9.95. The van der Waals surface area contributed by atoms with Crippen molar-refractivity contribution in [1.82, 2.24) is 19.7 Å². The molecule has 27 heavy (non-hydrogen) atoms. The molecular weight excluding hydrogens is 364 g/mol. The molecule has 0 saturated carbocycles. The molecule has 6 nitrogen and oxygen atoms in total. The second-order valence-corrected chi connectivity index (χ2v) is 7.02. The van der Waals surface area contributed by atoms with E-state index in [1.807, 2.05) is 47.4 Å². The highest BCUT2D eigenvalue weighted by atomic mass is 35.5. The zero-order valence-corrected chi connectivity index (χ0v) is 15.4. The first kappa shape index (κ1) is 17.5. The molecule has 0 spiro atoms. The van der Waals surface area contributed by atoms with Crippen LogP contribution in [0, 0.1) is 0 Å². The maximum Gasteiger partial charge on any atom is 0.348 e. The van der Waals surface area contributed by atoms with E-state index in [2.05, 4.69) is 10.1 Å². The number of carbonyl (C=O) groups excluding carboxylic acids is 1. The molecule has 1 amide bonds. The number of amides is 1. The molecule has 1 aromatic heterocycles. The van der Waals surface area contributed by atoms with Gasteiger partial charge >= 0.3 is 5.69 Å². The number of benzene rings is 2. The Balaban J connectivity index is 1.46. The van der Waals surface area contributed by atoms with E-state index in [9.17, 15) is 9.59 Å². The maximum absolute atomic E-state index is 12.7. The predicted molar refractivity (Wildman–Crippen MR) is 104 cm³/mol. The molecule has 2 aromatic carbocycles. The maximum atomic E-state index is 12.7. The monoisotopic (exact) mass is 382 g/mol. The highest BCUT2D eigenvalue weighted by Gasteiger charge is 2.27. The van der Waals surface area contributed by atoms with Gasteiger partial charge in [-0.2, -0.15) is 4.68 Å². The van der Waals surface area contributed by atoms with Crippen LogP contribution < -0.4 is 5.69 Å². The van der Waals surface area contributed by atoms with Crippen molar-refractivity contribution in [2.45, 2.75) is 18.8 Å². The molecule has 4 rings (SSSR count). The van der Waals surface area contributed by atoms with Crippen LogP contribution in [0.2, 0.25) is 5.02 Å². The van der Waals surface area contributed by atoms with Gasteiger partial charge in [0.1, 0.15) is 5.82 Å². The van der Waals surface area contributed by atoms with Crippen molar-refractivity contribution < 1.29 is 4.79 Å². The molecule has 0 atom stereocenters. The SMILES string of the molecule is O=C(c1ccccc1Cl)N1CCC(c2nn(-c3ccccc3)c(=O)[nH]2)CC1. The largest absolute Gasteiger partial charge is 0.348 e. The molecule has 138 valence electrons. The molecule has 0 bridgehead atoms. The molecule has 0 unspecified atom stereocenters. The number of para-hydroxylation sites is 1. The number of H-pyrrole nitrogens is 1. The Morgan fingerprint density at radius 2 is 1.70 bits per heavy atom. The minimum atomic E-state index is -0.245. The third kappa shape index (κ3) is 3.53. The summed E-state index contributed by atoms with van der Waals surface area (Å²) >= 11 is 6.14. The topological polar surface area (TPSA) is 71.0 Å². The fourth-order valence-corrected chi connectivity index (χ4v) is 3.65. The molecule has 1 aliphatic heterocycles. The standard InChI is InChI=1S/C20H19ClN4O2/c21-17-9-5-4-8-16(17)19(26)24-12-10-14(11-13-24)18-22-20(27)25(23-18)15-6-2-1-3-7-15/h1-9,14H,10-13H2,(H,22,23,27). The number of halogens is 1. The second kappa shape index (κ2) is 7.40. The van der Waals surface area contributed by atoms with Crippen LogP contribution in [-0.2, 0) is 0 Å². The Hall–Kier alpha value is -2.86. The van der Waals surface area contributed by atoms with Crippen LogP contribution in [0.1, 0.15) is 34.9 Å². The molecule has 0 aliphatic carbocycles. The zero-order valence-electron chi connectivity index (χ0n) is 14.6. The molecular formula is C20H19ClN4O2. The van der Waals surface area contributed by atoms with Gasteiger partial charge in [0.15, 0.2) is 0 Å². The molecule has 1 N–H and O–H groups in total. The average Bonchev–Trinajstić information content (AvgIpc) is 3.10. The van der Waals surface area contributed by atoms with Gasteiger partial charge in [0.05, 0.1) is 16.3 Å². The lowest BCUT2D eigenvalue weighted by molar-refractivity contribution is 0.0711. The van der Waals surface area contributed by atoms with Gasteiger partial charge in [0.2, 0.25) is 0 Å². The summed E-state index contributed by atoms with van der Waals surface area (Å²) in [5, 5.41) is 4.94. The lowest BCUT2D eigenvalue weighted by Gasteiger charge is -2.31. The van der Waals surface area contributed by atoms with E-state index in [4.69, 9.17) is 11.6 Å². The Kier molecular flexibility index (Phi) is 4.81. The van der Waals surface area contributed by atoms with Gasteiger partial charge in [-0.3, -0.25) is 9.78 Å². The number of nitrogens with one attached hydrogen (secondary N) is 1. The van der Waals surface area contributed by atoms with E-state index in [1.165, 1.54) is 4.68 Å². The van der Waals surface area contributed by atoms with E-state index < -0.39 is 0 Å². The van der Waals surface area contributed by atoms with E-state index in [0.717, 1.165) is 18.5 Å². The van der Waals surface area contributed by atoms with E-state index >= 15 is 0 Å². The Morgan fingerprint density at radius 3 is 2.41 bits per heavy atom. The van der Waals surface area contributed by atoms with Crippen molar-refractivity contribution in [2.75, 3.05) is 13.1 Å². The van der Waals surface area contributed by atoms with Crippen LogP contribution in [0.15, 0.2) is 59.4 Å². The fourth-order valence-electron chi connectivity index (χ4n) is 3.43. The highest BCUT2D eigenvalue weighted by Crippen LogP contribution is 2.27. The van der Waals surface area contributed by atoms with Crippen molar-refractivity contribution >= 4 is 17.5 Å². The first-order valence-electron chi connectivity index (χ1n) is 8.92. The third-order valence-electron chi connectivity index (χ3n) is 4.91. The van der Waals surface area contributed by atoms with Gasteiger partial charge in [-0.05, 0) is 37.1 Å². The zero-order chi connectivity index (χ0) is 18.8. The summed E-state index contributed by atoms with van der Waals surface area (Å²) < 4.78 is 1.39. The van der Waals surface area contributed by atoms with Crippen LogP contribution in [0.3, 0.4) is 0 Å². The van der Waals surface area contributed by atoms with Gasteiger partial charge < -0.3 is 4.90 Å². The Bertz CT molecular complexity index is 1000. The van der Waals surface area contributed by atoms with Gasteiger partial charge in [0, 0.05) is 19.0 Å². The number of piperidine rings is 1. The van der Waals surface area contributed by atoms with Crippen molar-refractivity contribution in [3.8, 4) is 5.69 Å². The van der Waals surface area contributed by atoms with Gasteiger partial charge in [0.25, 0.3) is 5.91 Å². The number of carbonyl (C=O) groups is 1. The van der Waals surface area contributed by atoms with E-state index in [0.29, 0.717) is 29.5 Å². The van der Waals surface area contributed by atoms with Crippen molar-refractivity contribution in [3.05, 3.63) is 81.5 Å².